The van der Waals surface area contributed by atoms with Crippen molar-refractivity contribution in [3.8, 4) is 0 Å². The molecule has 0 amide bonds. The van der Waals surface area contributed by atoms with Gasteiger partial charge < -0.3 is 4.57 Å². The quantitative estimate of drug-likeness (QED) is 0.679. The van der Waals surface area contributed by atoms with Gasteiger partial charge in [0.25, 0.3) is 0 Å². The van der Waals surface area contributed by atoms with Crippen LogP contribution in [-0.4, -0.2) is 14.5 Å². The second-order valence-electron chi connectivity index (χ2n) is 4.97. The van der Waals surface area contributed by atoms with Crippen molar-refractivity contribution in [3.63, 3.8) is 0 Å². The highest BCUT2D eigenvalue weighted by molar-refractivity contribution is 6.20. The number of aromatic nitrogens is 3. The summed E-state index contributed by atoms with van der Waals surface area (Å²) < 4.78 is 2.19. The molecule has 1 unspecified atom stereocenters. The number of alkyl halides is 1. The molecule has 2 heterocycles. The molecular weight excluding hydrogens is 270 g/mol. The van der Waals surface area contributed by atoms with Crippen LogP contribution in [0.4, 0.5) is 0 Å². The van der Waals surface area contributed by atoms with Crippen molar-refractivity contribution in [2.24, 2.45) is 0 Å². The van der Waals surface area contributed by atoms with Crippen molar-refractivity contribution in [2.75, 3.05) is 0 Å². The minimum absolute atomic E-state index is 0.122. The average Bonchev–Trinajstić information content (AvgIpc) is 2.81. The summed E-state index contributed by atoms with van der Waals surface area (Å²) >= 11 is 6.30. The summed E-state index contributed by atoms with van der Waals surface area (Å²) in [5, 5.41) is -0.122. The van der Waals surface area contributed by atoms with E-state index in [0.717, 1.165) is 23.4 Å². The summed E-state index contributed by atoms with van der Waals surface area (Å²) in [5.41, 5.74) is 4.53. The SMILES string of the molecule is Cc1cccc2c1nc(C(C)Cl)n2Cc1ccncc1. The molecule has 1 aromatic carbocycles. The summed E-state index contributed by atoms with van der Waals surface area (Å²) in [6.07, 6.45) is 3.62. The van der Waals surface area contributed by atoms with Crippen LogP contribution in [0.5, 0.6) is 0 Å². The Kier molecular flexibility index (Phi) is 3.45. The van der Waals surface area contributed by atoms with Crippen LogP contribution < -0.4 is 0 Å². The Morgan fingerprint density at radius 2 is 1.95 bits per heavy atom. The van der Waals surface area contributed by atoms with Gasteiger partial charge in [0, 0.05) is 18.9 Å². The van der Waals surface area contributed by atoms with Crippen LogP contribution in [0.3, 0.4) is 0 Å². The van der Waals surface area contributed by atoms with Gasteiger partial charge in [0.05, 0.1) is 16.4 Å². The largest absolute Gasteiger partial charge is 0.322 e. The molecule has 20 heavy (non-hydrogen) atoms. The molecule has 0 fully saturated rings. The molecule has 3 nitrogen and oxygen atoms in total. The molecule has 4 heteroatoms. The number of pyridine rings is 1. The molecule has 0 saturated carbocycles. The highest BCUT2D eigenvalue weighted by Crippen LogP contribution is 2.27. The third-order valence-corrected chi connectivity index (χ3v) is 3.65. The van der Waals surface area contributed by atoms with E-state index in [1.807, 2.05) is 31.5 Å². The van der Waals surface area contributed by atoms with E-state index in [1.54, 1.807) is 0 Å². The fourth-order valence-corrected chi connectivity index (χ4v) is 2.61. The summed E-state index contributed by atoms with van der Waals surface area (Å²) in [6, 6.07) is 10.3. The number of fused-ring (bicyclic) bond motifs is 1. The van der Waals surface area contributed by atoms with Gasteiger partial charge in [-0.25, -0.2) is 4.98 Å². The Morgan fingerprint density at radius 3 is 2.65 bits per heavy atom. The fourth-order valence-electron chi connectivity index (χ4n) is 2.45. The lowest BCUT2D eigenvalue weighted by Gasteiger charge is -2.10. The summed E-state index contributed by atoms with van der Waals surface area (Å²) in [6.45, 7) is 4.80. The third-order valence-electron chi connectivity index (χ3n) is 3.46. The Labute approximate surface area is 123 Å². The van der Waals surface area contributed by atoms with Crippen LogP contribution in [0.2, 0.25) is 0 Å². The average molecular weight is 286 g/mol. The summed E-state index contributed by atoms with van der Waals surface area (Å²) in [7, 11) is 0. The molecule has 2 aromatic heterocycles. The number of rotatable bonds is 3. The standard InChI is InChI=1S/C16H16ClN3/c1-11-4-3-5-14-15(11)19-16(12(2)17)20(14)10-13-6-8-18-9-7-13/h3-9,12H,10H2,1-2H3. The zero-order valence-corrected chi connectivity index (χ0v) is 12.3. The van der Waals surface area contributed by atoms with Crippen molar-refractivity contribution in [1.29, 1.82) is 0 Å². The second kappa shape index (κ2) is 5.25. The first kappa shape index (κ1) is 13.1. The van der Waals surface area contributed by atoms with E-state index in [4.69, 9.17) is 16.6 Å². The molecule has 0 aliphatic carbocycles. The van der Waals surface area contributed by atoms with Crippen LogP contribution in [0, 0.1) is 6.92 Å². The smallest absolute Gasteiger partial charge is 0.128 e. The third kappa shape index (κ3) is 2.29. The Balaban J connectivity index is 2.17. The molecule has 0 N–H and O–H groups in total. The number of para-hydroxylation sites is 1. The van der Waals surface area contributed by atoms with Crippen LogP contribution in [-0.2, 0) is 6.54 Å². The first-order valence-corrected chi connectivity index (χ1v) is 7.09. The molecule has 0 radical (unpaired) electrons. The van der Waals surface area contributed by atoms with Crippen molar-refractivity contribution in [3.05, 3.63) is 59.7 Å². The predicted octanol–water partition coefficient (Wildman–Crippen LogP) is 4.09. The van der Waals surface area contributed by atoms with E-state index < -0.39 is 0 Å². The molecule has 0 saturated heterocycles. The minimum Gasteiger partial charge on any atom is -0.322 e. The summed E-state index contributed by atoms with van der Waals surface area (Å²) in [4.78, 5) is 8.78. The zero-order valence-electron chi connectivity index (χ0n) is 11.5. The molecule has 0 bridgehead atoms. The van der Waals surface area contributed by atoms with Gasteiger partial charge in [-0.05, 0) is 43.2 Å². The first-order chi connectivity index (χ1) is 9.66. The van der Waals surface area contributed by atoms with Crippen molar-refractivity contribution < 1.29 is 0 Å². The second-order valence-corrected chi connectivity index (χ2v) is 5.62. The number of hydrogen-bond donors (Lipinski definition) is 0. The Morgan fingerprint density at radius 1 is 1.20 bits per heavy atom. The lowest BCUT2D eigenvalue weighted by Crippen LogP contribution is -2.05. The molecule has 0 aliphatic rings. The lowest BCUT2D eigenvalue weighted by atomic mass is 10.2. The van der Waals surface area contributed by atoms with Gasteiger partial charge >= 0.3 is 0 Å². The molecule has 0 spiro atoms. The van der Waals surface area contributed by atoms with Gasteiger partial charge in [0.15, 0.2) is 0 Å². The highest BCUT2D eigenvalue weighted by Gasteiger charge is 2.16. The van der Waals surface area contributed by atoms with Crippen LogP contribution in [0.25, 0.3) is 11.0 Å². The maximum Gasteiger partial charge on any atom is 0.128 e. The minimum atomic E-state index is -0.122. The van der Waals surface area contributed by atoms with Crippen molar-refractivity contribution >= 4 is 22.6 Å². The topological polar surface area (TPSA) is 30.7 Å². The van der Waals surface area contributed by atoms with Crippen LogP contribution in [0.1, 0.15) is 29.3 Å². The monoisotopic (exact) mass is 285 g/mol. The Bertz CT molecular complexity index is 732. The summed E-state index contributed by atoms with van der Waals surface area (Å²) in [5.74, 6) is 0.910. The molecule has 102 valence electrons. The fraction of sp³-hybridized carbons (Fsp3) is 0.250. The molecular formula is C16H16ClN3. The van der Waals surface area contributed by atoms with E-state index in [9.17, 15) is 0 Å². The van der Waals surface area contributed by atoms with E-state index in [0.29, 0.717) is 0 Å². The van der Waals surface area contributed by atoms with Gasteiger partial charge in [-0.15, -0.1) is 11.6 Å². The van der Waals surface area contributed by atoms with E-state index >= 15 is 0 Å². The maximum atomic E-state index is 6.30. The molecule has 3 aromatic rings. The van der Waals surface area contributed by atoms with E-state index in [-0.39, 0.29) is 5.38 Å². The number of benzene rings is 1. The normalized spacial score (nSPS) is 12.8. The Hall–Kier alpha value is -1.87. The number of imidazole rings is 1. The van der Waals surface area contributed by atoms with Crippen LogP contribution >= 0.6 is 11.6 Å². The number of nitrogens with zero attached hydrogens (tertiary/aromatic N) is 3. The van der Waals surface area contributed by atoms with E-state index in [1.165, 1.54) is 11.1 Å². The first-order valence-electron chi connectivity index (χ1n) is 6.65. The van der Waals surface area contributed by atoms with Gasteiger partial charge in [-0.2, -0.15) is 0 Å². The van der Waals surface area contributed by atoms with Gasteiger partial charge in [0.1, 0.15) is 5.82 Å². The van der Waals surface area contributed by atoms with E-state index in [2.05, 4.69) is 34.7 Å². The van der Waals surface area contributed by atoms with Crippen LogP contribution in [0.15, 0.2) is 42.7 Å². The van der Waals surface area contributed by atoms with Gasteiger partial charge in [-0.3, -0.25) is 4.98 Å². The van der Waals surface area contributed by atoms with Gasteiger partial charge in [0.2, 0.25) is 0 Å². The number of hydrogen-bond acceptors (Lipinski definition) is 2. The van der Waals surface area contributed by atoms with Crippen molar-refractivity contribution in [1.82, 2.24) is 14.5 Å². The molecule has 1 atom stereocenters. The van der Waals surface area contributed by atoms with Gasteiger partial charge in [-0.1, -0.05) is 12.1 Å². The highest BCUT2D eigenvalue weighted by atomic mass is 35.5. The zero-order chi connectivity index (χ0) is 14.1. The number of aryl methyl sites for hydroxylation is 1. The predicted molar refractivity (Wildman–Crippen MR) is 82.1 cm³/mol. The molecule has 3 rings (SSSR count). The molecule has 0 aliphatic heterocycles. The lowest BCUT2D eigenvalue weighted by molar-refractivity contribution is 0.742. The van der Waals surface area contributed by atoms with Crippen molar-refractivity contribution in [2.45, 2.75) is 25.8 Å². The maximum absolute atomic E-state index is 6.30. The number of halogens is 1.